The molecule has 17 heavy (non-hydrogen) atoms. The van der Waals surface area contributed by atoms with E-state index in [1.165, 1.54) is 0 Å². The molecule has 92 valence electrons. The van der Waals surface area contributed by atoms with E-state index < -0.39 is 5.60 Å². The molecule has 3 rings (SSSR count). The summed E-state index contributed by atoms with van der Waals surface area (Å²) in [6.45, 7) is 0. The van der Waals surface area contributed by atoms with Gasteiger partial charge in [0.25, 0.3) is 0 Å². The highest BCUT2D eigenvalue weighted by molar-refractivity contribution is 9.10. The van der Waals surface area contributed by atoms with Crippen LogP contribution in [0.3, 0.4) is 0 Å². The molecule has 0 bridgehead atoms. The third kappa shape index (κ3) is 2.16. The Balaban J connectivity index is 1.97. The van der Waals surface area contributed by atoms with E-state index in [2.05, 4.69) is 15.9 Å². The SMILES string of the molecule is COc1cc(C2(O)CC2)cc(Br)c1OC1CC1. The van der Waals surface area contributed by atoms with Crippen molar-refractivity contribution in [2.24, 2.45) is 0 Å². The summed E-state index contributed by atoms with van der Waals surface area (Å²) in [6.07, 6.45) is 4.20. The number of hydrogen-bond acceptors (Lipinski definition) is 3. The van der Waals surface area contributed by atoms with Crippen molar-refractivity contribution in [1.82, 2.24) is 0 Å². The van der Waals surface area contributed by atoms with Gasteiger partial charge in [0.1, 0.15) is 0 Å². The van der Waals surface area contributed by atoms with E-state index in [4.69, 9.17) is 9.47 Å². The van der Waals surface area contributed by atoms with E-state index in [0.29, 0.717) is 11.9 Å². The van der Waals surface area contributed by atoms with Gasteiger partial charge < -0.3 is 14.6 Å². The van der Waals surface area contributed by atoms with Gasteiger partial charge >= 0.3 is 0 Å². The van der Waals surface area contributed by atoms with Gasteiger partial charge in [-0.3, -0.25) is 0 Å². The van der Waals surface area contributed by atoms with E-state index in [-0.39, 0.29) is 0 Å². The summed E-state index contributed by atoms with van der Waals surface area (Å²) in [6, 6.07) is 3.82. The van der Waals surface area contributed by atoms with Crippen LogP contribution in [0, 0.1) is 0 Å². The number of hydrogen-bond donors (Lipinski definition) is 1. The predicted molar refractivity (Wildman–Crippen MR) is 67.5 cm³/mol. The topological polar surface area (TPSA) is 38.7 Å². The molecule has 4 heteroatoms. The third-order valence-electron chi connectivity index (χ3n) is 3.30. The van der Waals surface area contributed by atoms with Crippen LogP contribution in [0.4, 0.5) is 0 Å². The standard InChI is InChI=1S/C13H15BrO3/c1-16-11-7-8(13(15)4-5-13)6-10(14)12(11)17-9-2-3-9/h6-7,9,15H,2-5H2,1H3. The third-order valence-corrected chi connectivity index (χ3v) is 3.89. The average Bonchev–Trinajstić information content (AvgIpc) is 3.19. The zero-order valence-electron chi connectivity index (χ0n) is 9.70. The molecule has 0 spiro atoms. The highest BCUT2D eigenvalue weighted by Gasteiger charge is 2.43. The van der Waals surface area contributed by atoms with Crippen molar-refractivity contribution in [2.45, 2.75) is 37.4 Å². The molecule has 0 unspecified atom stereocenters. The molecule has 1 aromatic carbocycles. The molecule has 0 amide bonds. The van der Waals surface area contributed by atoms with Gasteiger partial charge in [0.2, 0.25) is 0 Å². The average molecular weight is 299 g/mol. The van der Waals surface area contributed by atoms with Gasteiger partial charge in [-0.25, -0.2) is 0 Å². The molecule has 1 N–H and O–H groups in total. The molecule has 0 heterocycles. The maximum absolute atomic E-state index is 10.1. The zero-order chi connectivity index (χ0) is 12.0. The van der Waals surface area contributed by atoms with Crippen molar-refractivity contribution >= 4 is 15.9 Å². The van der Waals surface area contributed by atoms with E-state index in [1.54, 1.807) is 7.11 Å². The van der Waals surface area contributed by atoms with Crippen molar-refractivity contribution < 1.29 is 14.6 Å². The molecule has 0 radical (unpaired) electrons. The number of aliphatic hydroxyl groups is 1. The molecule has 1 aromatic rings. The number of benzene rings is 1. The number of halogens is 1. The minimum atomic E-state index is -0.645. The predicted octanol–water partition coefficient (Wildman–Crippen LogP) is 2.98. The van der Waals surface area contributed by atoms with Crippen LogP contribution in [-0.4, -0.2) is 18.3 Å². The van der Waals surface area contributed by atoms with Crippen molar-refractivity contribution in [2.75, 3.05) is 7.11 Å². The minimum Gasteiger partial charge on any atom is -0.493 e. The lowest BCUT2D eigenvalue weighted by molar-refractivity contribution is 0.151. The van der Waals surface area contributed by atoms with Gasteiger partial charge in [0.15, 0.2) is 11.5 Å². The second-order valence-corrected chi connectivity index (χ2v) is 5.69. The lowest BCUT2D eigenvalue weighted by atomic mass is 10.1. The van der Waals surface area contributed by atoms with Gasteiger partial charge in [0.05, 0.1) is 23.3 Å². The summed E-state index contributed by atoms with van der Waals surface area (Å²) in [7, 11) is 1.63. The minimum absolute atomic E-state index is 0.329. The van der Waals surface area contributed by atoms with E-state index in [1.807, 2.05) is 12.1 Å². The van der Waals surface area contributed by atoms with Gasteiger partial charge in [-0.05, 0) is 59.3 Å². The van der Waals surface area contributed by atoms with Crippen LogP contribution in [0.1, 0.15) is 31.2 Å². The van der Waals surface area contributed by atoms with Gasteiger partial charge in [0, 0.05) is 0 Å². The van der Waals surface area contributed by atoms with Crippen LogP contribution >= 0.6 is 15.9 Å². The molecule has 0 saturated heterocycles. The Kier molecular flexibility index (Phi) is 2.60. The molecule has 2 saturated carbocycles. The Bertz CT molecular complexity index is 450. The van der Waals surface area contributed by atoms with E-state index in [9.17, 15) is 5.11 Å². The molecule has 0 aromatic heterocycles. The summed E-state index contributed by atoms with van der Waals surface area (Å²) in [5.74, 6) is 1.45. The Hall–Kier alpha value is -0.740. The first-order valence-corrected chi connectivity index (χ1v) is 6.69. The quantitative estimate of drug-likeness (QED) is 0.929. The Morgan fingerprint density at radius 3 is 2.59 bits per heavy atom. The molecule has 2 aliphatic carbocycles. The fourth-order valence-corrected chi connectivity index (χ4v) is 2.40. The van der Waals surface area contributed by atoms with Crippen LogP contribution in [0.25, 0.3) is 0 Å². The number of methoxy groups -OCH3 is 1. The largest absolute Gasteiger partial charge is 0.493 e. The molecule has 3 nitrogen and oxygen atoms in total. The van der Waals surface area contributed by atoms with Crippen LogP contribution < -0.4 is 9.47 Å². The molecule has 2 aliphatic rings. The zero-order valence-corrected chi connectivity index (χ0v) is 11.3. The second-order valence-electron chi connectivity index (χ2n) is 4.84. The fraction of sp³-hybridized carbons (Fsp3) is 0.538. The second kappa shape index (κ2) is 3.89. The lowest BCUT2D eigenvalue weighted by Gasteiger charge is -2.16. The van der Waals surface area contributed by atoms with Crippen molar-refractivity contribution in [3.05, 3.63) is 22.2 Å². The van der Waals surface area contributed by atoms with Crippen molar-refractivity contribution in [1.29, 1.82) is 0 Å². The maximum Gasteiger partial charge on any atom is 0.175 e. The molecule has 2 fully saturated rings. The lowest BCUT2D eigenvalue weighted by Crippen LogP contribution is -2.06. The summed E-state index contributed by atoms with van der Waals surface area (Å²) in [5, 5.41) is 10.1. The Labute approximate surface area is 109 Å². The maximum atomic E-state index is 10.1. The van der Waals surface area contributed by atoms with Crippen LogP contribution in [0.2, 0.25) is 0 Å². The first kappa shape index (κ1) is 11.4. The number of rotatable bonds is 4. The molecule has 0 atom stereocenters. The first-order chi connectivity index (χ1) is 8.12. The summed E-state index contributed by atoms with van der Waals surface area (Å²) in [4.78, 5) is 0. The number of ether oxygens (including phenoxy) is 2. The van der Waals surface area contributed by atoms with Crippen LogP contribution in [0.15, 0.2) is 16.6 Å². The normalized spacial score (nSPS) is 21.1. The van der Waals surface area contributed by atoms with E-state index >= 15 is 0 Å². The smallest absolute Gasteiger partial charge is 0.175 e. The van der Waals surface area contributed by atoms with Crippen LogP contribution in [-0.2, 0) is 5.60 Å². The Morgan fingerprint density at radius 1 is 1.35 bits per heavy atom. The van der Waals surface area contributed by atoms with Gasteiger partial charge in [-0.15, -0.1) is 0 Å². The molecular formula is C13H15BrO3. The highest BCUT2D eigenvalue weighted by atomic mass is 79.9. The Morgan fingerprint density at radius 2 is 2.06 bits per heavy atom. The summed E-state index contributed by atoms with van der Waals surface area (Å²) >= 11 is 3.50. The monoisotopic (exact) mass is 298 g/mol. The molecular weight excluding hydrogens is 284 g/mol. The van der Waals surface area contributed by atoms with Crippen molar-refractivity contribution in [3.63, 3.8) is 0 Å². The molecule has 0 aliphatic heterocycles. The van der Waals surface area contributed by atoms with Gasteiger partial charge in [-0.2, -0.15) is 0 Å². The highest BCUT2D eigenvalue weighted by Crippen LogP contribution is 2.49. The van der Waals surface area contributed by atoms with Gasteiger partial charge in [-0.1, -0.05) is 0 Å². The summed E-state index contributed by atoms with van der Waals surface area (Å²) < 4.78 is 12.0. The van der Waals surface area contributed by atoms with E-state index in [0.717, 1.165) is 41.5 Å². The summed E-state index contributed by atoms with van der Waals surface area (Å²) in [5.41, 5.74) is 0.262. The first-order valence-electron chi connectivity index (χ1n) is 5.89. The van der Waals surface area contributed by atoms with Crippen LogP contribution in [0.5, 0.6) is 11.5 Å². The van der Waals surface area contributed by atoms with Crippen molar-refractivity contribution in [3.8, 4) is 11.5 Å². The fourth-order valence-electron chi connectivity index (χ4n) is 1.86.